The molecule has 0 saturated heterocycles. The second-order valence-corrected chi connectivity index (χ2v) is 13.6. The van der Waals surface area contributed by atoms with Gasteiger partial charge < -0.3 is 25.6 Å². The molecular formula is C36H70N2O6S. The third kappa shape index (κ3) is 31.1. The number of carbonyl (C=O) groups is 3. The molecule has 266 valence electrons. The molecule has 0 aliphatic carbocycles. The minimum Gasteiger partial charge on any atom is -0.462 e. The minimum atomic E-state index is -0.667. The predicted molar refractivity (Wildman–Crippen MR) is 188 cm³/mol. The molecule has 0 spiro atoms. The van der Waals surface area contributed by atoms with Crippen molar-refractivity contribution in [3.8, 4) is 0 Å². The number of esters is 2. The number of amides is 1. The zero-order chi connectivity index (χ0) is 33.2. The average molecular weight is 659 g/mol. The van der Waals surface area contributed by atoms with Gasteiger partial charge in [-0.15, -0.1) is 0 Å². The van der Waals surface area contributed by atoms with Crippen molar-refractivity contribution in [1.82, 2.24) is 5.32 Å². The Hall–Kier alpha value is -1.32. The molecule has 0 fully saturated rings. The Bertz CT molecular complexity index is 696. The summed E-state index contributed by atoms with van der Waals surface area (Å²) in [5, 5.41) is 11.7. The van der Waals surface area contributed by atoms with Gasteiger partial charge in [-0.1, -0.05) is 129 Å². The number of nitrogens with one attached hydrogen (secondary N) is 1. The van der Waals surface area contributed by atoms with Gasteiger partial charge in [0, 0.05) is 37.5 Å². The van der Waals surface area contributed by atoms with Crippen molar-refractivity contribution >= 4 is 29.6 Å². The summed E-state index contributed by atoms with van der Waals surface area (Å²) in [4.78, 5) is 37.3. The van der Waals surface area contributed by atoms with Crippen LogP contribution in [0.4, 0.5) is 0 Å². The van der Waals surface area contributed by atoms with E-state index in [1.807, 2.05) is 0 Å². The lowest BCUT2D eigenvalue weighted by Gasteiger charge is -2.19. The number of nitrogens with two attached hydrogens (primary N) is 1. The summed E-state index contributed by atoms with van der Waals surface area (Å²) in [6, 6.07) is -0.667. The van der Waals surface area contributed by atoms with Crippen LogP contribution in [0, 0.1) is 0 Å². The van der Waals surface area contributed by atoms with Gasteiger partial charge in [0.1, 0.15) is 12.7 Å². The number of carbonyl (C=O) groups excluding carboxylic acids is 3. The van der Waals surface area contributed by atoms with E-state index in [2.05, 4.69) is 19.2 Å². The third-order valence-corrected chi connectivity index (χ3v) is 9.22. The zero-order valence-electron chi connectivity index (χ0n) is 29.1. The van der Waals surface area contributed by atoms with E-state index in [4.69, 9.17) is 20.3 Å². The van der Waals surface area contributed by atoms with Crippen molar-refractivity contribution in [2.24, 2.45) is 5.73 Å². The maximum Gasteiger partial charge on any atom is 0.306 e. The summed E-state index contributed by atoms with van der Waals surface area (Å²) in [6.45, 7) is 5.25. The first-order valence-electron chi connectivity index (χ1n) is 18.5. The number of unbranched alkanes of at least 4 members (excludes halogenated alkanes) is 19. The summed E-state index contributed by atoms with van der Waals surface area (Å²) in [5.41, 5.74) is 6.09. The van der Waals surface area contributed by atoms with Crippen LogP contribution in [0.3, 0.4) is 0 Å². The van der Waals surface area contributed by atoms with Crippen LogP contribution in [0.15, 0.2) is 0 Å². The monoisotopic (exact) mass is 658 g/mol. The molecule has 2 atom stereocenters. The van der Waals surface area contributed by atoms with Gasteiger partial charge in [-0.2, -0.15) is 11.8 Å². The highest BCUT2D eigenvalue weighted by molar-refractivity contribution is 7.99. The molecule has 45 heavy (non-hydrogen) atoms. The molecule has 0 unspecified atom stereocenters. The smallest absolute Gasteiger partial charge is 0.306 e. The van der Waals surface area contributed by atoms with Crippen LogP contribution < -0.4 is 11.1 Å². The number of aliphatic hydroxyl groups is 1. The van der Waals surface area contributed by atoms with Crippen LogP contribution in [0.2, 0.25) is 0 Å². The van der Waals surface area contributed by atoms with Gasteiger partial charge in [-0.25, -0.2) is 0 Å². The normalized spacial score (nSPS) is 12.5. The fraction of sp³-hybridized carbons (Fsp3) is 0.917. The molecular weight excluding hydrogens is 588 g/mol. The summed E-state index contributed by atoms with van der Waals surface area (Å²) >= 11 is 1.44. The first kappa shape index (κ1) is 43.7. The molecule has 8 nitrogen and oxygen atoms in total. The van der Waals surface area contributed by atoms with E-state index in [9.17, 15) is 14.4 Å². The number of hydrogen-bond donors (Lipinski definition) is 3. The molecule has 1 amide bonds. The maximum absolute atomic E-state index is 12.6. The number of ether oxygens (including phenoxy) is 2. The van der Waals surface area contributed by atoms with Crippen LogP contribution in [0.1, 0.15) is 168 Å². The van der Waals surface area contributed by atoms with Crippen LogP contribution in [-0.4, -0.2) is 66.4 Å². The van der Waals surface area contributed by atoms with Gasteiger partial charge in [0.2, 0.25) is 5.91 Å². The van der Waals surface area contributed by atoms with Gasteiger partial charge >= 0.3 is 11.9 Å². The van der Waals surface area contributed by atoms with Crippen LogP contribution in [0.25, 0.3) is 0 Å². The fourth-order valence-electron chi connectivity index (χ4n) is 5.11. The van der Waals surface area contributed by atoms with E-state index in [1.54, 1.807) is 0 Å². The fourth-order valence-corrected chi connectivity index (χ4v) is 6.08. The standard InChI is InChI=1S/C36H70N2O6S/c1-3-5-7-9-11-13-15-17-21-25-34(40)43-29-32(44-35(41)26-22-18-16-14-12-10-8-6-4-2)30-45-31-33(37)36(42)38-27-23-19-20-24-28-39/h32-33,39H,3-31,37H2,1-2H3,(H,38,42)/t32-,33-/m1/s1. The average Bonchev–Trinajstić information content (AvgIpc) is 3.03. The van der Waals surface area contributed by atoms with E-state index in [0.29, 0.717) is 30.9 Å². The predicted octanol–water partition coefficient (Wildman–Crippen LogP) is 8.01. The topological polar surface area (TPSA) is 128 Å². The highest BCUT2D eigenvalue weighted by atomic mass is 32.2. The zero-order valence-corrected chi connectivity index (χ0v) is 30.0. The quantitative estimate of drug-likeness (QED) is 0.0469. The Kier molecular flexibility index (Phi) is 33.0. The Morgan fingerprint density at radius 1 is 0.644 bits per heavy atom. The van der Waals surface area contributed by atoms with E-state index >= 15 is 0 Å². The van der Waals surface area contributed by atoms with Crippen molar-refractivity contribution in [2.75, 3.05) is 31.3 Å². The molecule has 4 N–H and O–H groups in total. The van der Waals surface area contributed by atoms with Crippen LogP contribution in [0.5, 0.6) is 0 Å². The lowest BCUT2D eigenvalue weighted by molar-refractivity contribution is -0.157. The second kappa shape index (κ2) is 34.0. The summed E-state index contributed by atoms with van der Waals surface area (Å²) in [5.74, 6) is 0.0853. The van der Waals surface area contributed by atoms with Gasteiger partial charge in [0.05, 0.1) is 6.04 Å². The van der Waals surface area contributed by atoms with Crippen LogP contribution >= 0.6 is 11.8 Å². The van der Waals surface area contributed by atoms with Gasteiger partial charge in [-0.05, 0) is 25.7 Å². The molecule has 0 aromatic carbocycles. The Morgan fingerprint density at radius 3 is 1.64 bits per heavy atom. The molecule has 0 bridgehead atoms. The molecule has 9 heteroatoms. The highest BCUT2D eigenvalue weighted by Crippen LogP contribution is 2.14. The van der Waals surface area contributed by atoms with Crippen molar-refractivity contribution in [2.45, 2.75) is 180 Å². The molecule has 0 aromatic heterocycles. The molecule has 0 rings (SSSR count). The molecule has 0 radical (unpaired) electrons. The molecule has 0 saturated carbocycles. The first-order chi connectivity index (χ1) is 21.9. The van der Waals surface area contributed by atoms with E-state index in [1.165, 1.54) is 88.8 Å². The lowest BCUT2D eigenvalue weighted by atomic mass is 10.1. The van der Waals surface area contributed by atoms with Gasteiger partial charge in [-0.3, -0.25) is 14.4 Å². The van der Waals surface area contributed by atoms with Crippen molar-refractivity contribution < 1.29 is 29.0 Å². The molecule has 0 aliphatic heterocycles. The molecule has 0 aliphatic rings. The Balaban J connectivity index is 4.44. The van der Waals surface area contributed by atoms with E-state index in [-0.39, 0.29) is 31.1 Å². The SMILES string of the molecule is CCCCCCCCCCCC(=O)OC[C@H](CSC[C@@H](N)C(=O)NCCCCCCO)OC(=O)CCCCCCCCCCC. The Labute approximate surface area is 280 Å². The van der Waals surface area contributed by atoms with Gasteiger partial charge in [0.25, 0.3) is 0 Å². The van der Waals surface area contributed by atoms with E-state index in [0.717, 1.165) is 64.2 Å². The first-order valence-corrected chi connectivity index (χ1v) is 19.7. The minimum absolute atomic E-state index is 0.0298. The number of thioether (sulfide) groups is 1. The largest absolute Gasteiger partial charge is 0.462 e. The van der Waals surface area contributed by atoms with Crippen LogP contribution in [-0.2, 0) is 23.9 Å². The summed E-state index contributed by atoms with van der Waals surface area (Å²) < 4.78 is 11.2. The highest BCUT2D eigenvalue weighted by Gasteiger charge is 2.19. The molecule has 0 aromatic rings. The lowest BCUT2D eigenvalue weighted by Crippen LogP contribution is -2.43. The summed E-state index contributed by atoms with van der Waals surface area (Å²) in [7, 11) is 0. The number of hydrogen-bond acceptors (Lipinski definition) is 8. The number of aliphatic hydroxyl groups excluding tert-OH is 1. The Morgan fingerprint density at radius 2 is 1.11 bits per heavy atom. The molecule has 0 heterocycles. The van der Waals surface area contributed by atoms with E-state index < -0.39 is 12.1 Å². The summed E-state index contributed by atoms with van der Waals surface area (Å²) in [6.07, 6.45) is 25.0. The van der Waals surface area contributed by atoms with Crippen molar-refractivity contribution in [3.63, 3.8) is 0 Å². The second-order valence-electron chi connectivity index (χ2n) is 12.5. The van der Waals surface area contributed by atoms with Gasteiger partial charge in [0.15, 0.2) is 0 Å². The van der Waals surface area contributed by atoms with Crippen molar-refractivity contribution in [1.29, 1.82) is 0 Å². The maximum atomic E-state index is 12.6. The third-order valence-electron chi connectivity index (χ3n) is 8.02. The number of rotatable bonds is 34. The van der Waals surface area contributed by atoms with Crippen molar-refractivity contribution in [3.05, 3.63) is 0 Å².